The molecule has 0 saturated heterocycles. The molecule has 21 heavy (non-hydrogen) atoms. The van der Waals surface area contributed by atoms with E-state index in [9.17, 15) is 4.79 Å². The van der Waals surface area contributed by atoms with Crippen LogP contribution in [0.25, 0.3) is 11.1 Å². The molecule has 5 heteroatoms. The lowest BCUT2D eigenvalue weighted by Crippen LogP contribution is -2.04. The van der Waals surface area contributed by atoms with E-state index in [0.29, 0.717) is 22.8 Å². The second kappa shape index (κ2) is 5.66. The van der Waals surface area contributed by atoms with Crippen LogP contribution in [-0.2, 0) is 17.8 Å². The number of carboxylic acids is 1. The van der Waals surface area contributed by atoms with Crippen molar-refractivity contribution in [2.24, 2.45) is 0 Å². The van der Waals surface area contributed by atoms with Crippen LogP contribution in [0.4, 0.5) is 0 Å². The molecule has 2 aromatic carbocycles. The first-order chi connectivity index (χ1) is 10.2. The summed E-state index contributed by atoms with van der Waals surface area (Å²) in [4.78, 5) is 15.1. The van der Waals surface area contributed by atoms with Crippen molar-refractivity contribution >= 4 is 17.1 Å². The Morgan fingerprint density at radius 3 is 2.71 bits per heavy atom. The van der Waals surface area contributed by atoms with Crippen LogP contribution in [0.2, 0.25) is 0 Å². The van der Waals surface area contributed by atoms with Gasteiger partial charge in [-0.15, -0.1) is 0 Å². The van der Waals surface area contributed by atoms with Gasteiger partial charge in [0.2, 0.25) is 5.89 Å². The lowest BCUT2D eigenvalue weighted by Gasteiger charge is -2.08. The lowest BCUT2D eigenvalue weighted by molar-refractivity contribution is -0.136. The van der Waals surface area contributed by atoms with Crippen LogP contribution in [0.1, 0.15) is 11.5 Å². The number of ether oxygens (including phenoxy) is 1. The van der Waals surface area contributed by atoms with E-state index in [1.54, 1.807) is 24.3 Å². The van der Waals surface area contributed by atoms with Crippen molar-refractivity contribution in [3.8, 4) is 5.75 Å². The predicted molar refractivity (Wildman–Crippen MR) is 76.1 cm³/mol. The first kappa shape index (κ1) is 13.2. The number of nitrogens with zero attached hydrogens (tertiary/aromatic N) is 1. The molecule has 0 atom stereocenters. The van der Waals surface area contributed by atoms with Crippen molar-refractivity contribution in [1.29, 1.82) is 0 Å². The van der Waals surface area contributed by atoms with Gasteiger partial charge < -0.3 is 14.3 Å². The SMILES string of the molecule is O=C(O)Cc1ccccc1OCc1nc2ccccc2o1. The van der Waals surface area contributed by atoms with Crippen molar-refractivity contribution in [2.45, 2.75) is 13.0 Å². The second-order valence-corrected chi connectivity index (χ2v) is 4.54. The number of hydrogen-bond donors (Lipinski definition) is 1. The van der Waals surface area contributed by atoms with Gasteiger partial charge in [-0.25, -0.2) is 4.98 Å². The number of para-hydroxylation sites is 3. The largest absolute Gasteiger partial charge is 0.484 e. The molecular formula is C16H13NO4. The maximum absolute atomic E-state index is 10.8. The maximum Gasteiger partial charge on any atom is 0.307 e. The van der Waals surface area contributed by atoms with Crippen molar-refractivity contribution in [2.75, 3.05) is 0 Å². The molecule has 0 saturated carbocycles. The number of fused-ring (bicyclic) bond motifs is 1. The smallest absolute Gasteiger partial charge is 0.307 e. The number of rotatable bonds is 5. The molecule has 1 heterocycles. The molecule has 1 aromatic heterocycles. The van der Waals surface area contributed by atoms with E-state index in [2.05, 4.69) is 4.98 Å². The highest BCUT2D eigenvalue weighted by Gasteiger charge is 2.10. The van der Waals surface area contributed by atoms with Gasteiger partial charge in [0, 0.05) is 5.56 Å². The summed E-state index contributed by atoms with van der Waals surface area (Å²) in [5.74, 6) is 0.0939. The molecule has 3 aromatic rings. The fourth-order valence-electron chi connectivity index (χ4n) is 2.07. The van der Waals surface area contributed by atoms with E-state index >= 15 is 0 Å². The Morgan fingerprint density at radius 1 is 1.14 bits per heavy atom. The molecule has 1 N–H and O–H groups in total. The van der Waals surface area contributed by atoms with Gasteiger partial charge in [0.15, 0.2) is 12.2 Å². The van der Waals surface area contributed by atoms with Crippen LogP contribution in [0, 0.1) is 0 Å². The van der Waals surface area contributed by atoms with Gasteiger partial charge in [-0.05, 0) is 18.2 Å². The predicted octanol–water partition coefficient (Wildman–Crippen LogP) is 3.03. The van der Waals surface area contributed by atoms with E-state index in [-0.39, 0.29) is 13.0 Å². The minimum atomic E-state index is -0.895. The Kier molecular flexibility index (Phi) is 3.55. The molecule has 0 radical (unpaired) electrons. The number of benzene rings is 2. The minimum Gasteiger partial charge on any atom is -0.484 e. The third kappa shape index (κ3) is 3.02. The van der Waals surface area contributed by atoms with E-state index < -0.39 is 5.97 Å². The first-order valence-corrected chi connectivity index (χ1v) is 6.49. The first-order valence-electron chi connectivity index (χ1n) is 6.49. The molecule has 0 spiro atoms. The maximum atomic E-state index is 10.8. The van der Waals surface area contributed by atoms with E-state index in [1.807, 2.05) is 24.3 Å². The molecule has 5 nitrogen and oxygen atoms in total. The van der Waals surface area contributed by atoms with Gasteiger partial charge in [-0.2, -0.15) is 0 Å². The average Bonchev–Trinajstić information content (AvgIpc) is 2.88. The molecule has 0 aliphatic carbocycles. The quantitative estimate of drug-likeness (QED) is 0.779. The van der Waals surface area contributed by atoms with Crippen molar-refractivity contribution in [1.82, 2.24) is 4.98 Å². The standard InChI is InChI=1S/C16H13NO4/c18-16(19)9-11-5-1-3-7-13(11)20-10-15-17-12-6-2-4-8-14(12)21-15/h1-8H,9-10H2,(H,18,19). The van der Waals surface area contributed by atoms with Crippen molar-refractivity contribution < 1.29 is 19.1 Å². The summed E-state index contributed by atoms with van der Waals surface area (Å²) in [6, 6.07) is 14.5. The van der Waals surface area contributed by atoms with Gasteiger partial charge in [0.1, 0.15) is 11.3 Å². The van der Waals surface area contributed by atoms with E-state index in [0.717, 1.165) is 5.52 Å². The minimum absolute atomic E-state index is 0.0796. The Labute approximate surface area is 120 Å². The zero-order valence-corrected chi connectivity index (χ0v) is 11.2. The number of hydrogen-bond acceptors (Lipinski definition) is 4. The highest BCUT2D eigenvalue weighted by molar-refractivity contribution is 5.72. The third-order valence-electron chi connectivity index (χ3n) is 3.00. The summed E-state index contributed by atoms with van der Waals surface area (Å²) in [6.45, 7) is 0.158. The van der Waals surface area contributed by atoms with Gasteiger partial charge in [-0.1, -0.05) is 30.3 Å². The molecule has 3 rings (SSSR count). The third-order valence-corrected chi connectivity index (χ3v) is 3.00. The Hall–Kier alpha value is -2.82. The van der Waals surface area contributed by atoms with Crippen molar-refractivity contribution in [3.63, 3.8) is 0 Å². The Balaban J connectivity index is 1.76. The summed E-state index contributed by atoms with van der Waals surface area (Å²) < 4.78 is 11.2. The van der Waals surface area contributed by atoms with Crippen LogP contribution in [0.15, 0.2) is 52.9 Å². The van der Waals surface area contributed by atoms with Crippen LogP contribution in [0.3, 0.4) is 0 Å². The molecule has 0 bridgehead atoms. The zero-order valence-electron chi connectivity index (χ0n) is 11.2. The lowest BCUT2D eigenvalue weighted by atomic mass is 10.1. The average molecular weight is 283 g/mol. The molecule has 0 amide bonds. The van der Waals surface area contributed by atoms with Crippen molar-refractivity contribution in [3.05, 3.63) is 60.0 Å². The topological polar surface area (TPSA) is 72.6 Å². The van der Waals surface area contributed by atoms with Crippen LogP contribution < -0.4 is 4.74 Å². The van der Waals surface area contributed by atoms with Gasteiger partial charge >= 0.3 is 5.97 Å². The monoisotopic (exact) mass is 283 g/mol. The molecule has 0 fully saturated rings. The second-order valence-electron chi connectivity index (χ2n) is 4.54. The summed E-state index contributed by atoms with van der Waals surface area (Å²) in [5.41, 5.74) is 2.10. The van der Waals surface area contributed by atoms with Gasteiger partial charge in [-0.3, -0.25) is 4.79 Å². The van der Waals surface area contributed by atoms with E-state index in [4.69, 9.17) is 14.3 Å². The molecule has 0 aliphatic rings. The highest BCUT2D eigenvalue weighted by atomic mass is 16.5. The number of carbonyl (C=O) groups is 1. The summed E-state index contributed by atoms with van der Waals surface area (Å²) in [7, 11) is 0. The highest BCUT2D eigenvalue weighted by Crippen LogP contribution is 2.21. The van der Waals surface area contributed by atoms with Crippen LogP contribution in [0.5, 0.6) is 5.75 Å². The number of carboxylic acid groups (broad SMARTS) is 1. The summed E-state index contributed by atoms with van der Waals surface area (Å²) in [5, 5.41) is 8.89. The normalized spacial score (nSPS) is 10.7. The summed E-state index contributed by atoms with van der Waals surface area (Å²) in [6.07, 6.45) is -0.0796. The van der Waals surface area contributed by atoms with E-state index in [1.165, 1.54) is 0 Å². The van der Waals surface area contributed by atoms with Crippen LogP contribution in [-0.4, -0.2) is 16.1 Å². The fraction of sp³-hybridized carbons (Fsp3) is 0.125. The Morgan fingerprint density at radius 2 is 1.90 bits per heavy atom. The summed E-state index contributed by atoms with van der Waals surface area (Å²) >= 11 is 0. The number of aromatic nitrogens is 1. The number of aliphatic carboxylic acids is 1. The molecule has 106 valence electrons. The number of oxazole rings is 1. The van der Waals surface area contributed by atoms with Crippen LogP contribution >= 0.6 is 0 Å². The van der Waals surface area contributed by atoms with Gasteiger partial charge in [0.05, 0.1) is 6.42 Å². The molecule has 0 aliphatic heterocycles. The fourth-order valence-corrected chi connectivity index (χ4v) is 2.07. The zero-order chi connectivity index (χ0) is 14.7. The Bertz CT molecular complexity index is 746. The van der Waals surface area contributed by atoms with Gasteiger partial charge in [0.25, 0.3) is 0 Å². The molecule has 0 unspecified atom stereocenters. The molecular weight excluding hydrogens is 270 g/mol.